The molecule has 4 nitrogen and oxygen atoms in total. The number of ketones is 1. The molecule has 0 N–H and O–H groups in total. The van der Waals surface area contributed by atoms with E-state index in [4.69, 9.17) is 0 Å². The van der Waals surface area contributed by atoms with Gasteiger partial charge in [0.15, 0.2) is 0 Å². The van der Waals surface area contributed by atoms with Crippen LogP contribution >= 0.6 is 15.9 Å². The summed E-state index contributed by atoms with van der Waals surface area (Å²) in [5.41, 5.74) is 1.68. The lowest BCUT2D eigenvalue weighted by atomic mass is 10.1. The molecule has 0 aromatic heterocycles. The van der Waals surface area contributed by atoms with E-state index in [1.54, 1.807) is 0 Å². The molecule has 0 aliphatic carbocycles. The quantitative estimate of drug-likeness (QED) is 0.769. The number of halogens is 2. The third-order valence-corrected chi connectivity index (χ3v) is 4.21. The maximum Gasteiger partial charge on any atom is 0.300 e. The highest BCUT2D eigenvalue weighted by atomic mass is 79.9. The van der Waals surface area contributed by atoms with Crippen molar-refractivity contribution in [1.82, 2.24) is 4.90 Å². The van der Waals surface area contributed by atoms with Gasteiger partial charge in [-0.25, -0.2) is 4.39 Å². The summed E-state index contributed by atoms with van der Waals surface area (Å²) < 4.78 is 14.3. The molecule has 0 bridgehead atoms. The van der Waals surface area contributed by atoms with E-state index in [-0.39, 0.29) is 12.2 Å². The van der Waals surface area contributed by atoms with Gasteiger partial charge in [-0.05, 0) is 42.9 Å². The van der Waals surface area contributed by atoms with Gasteiger partial charge in [-0.1, -0.05) is 28.1 Å². The van der Waals surface area contributed by atoms with Crippen LogP contribution in [0.1, 0.15) is 15.9 Å². The van der Waals surface area contributed by atoms with E-state index in [1.807, 2.05) is 36.2 Å². The number of carbonyl (C=O) groups excluding carboxylic acids is 2. The highest BCUT2D eigenvalue weighted by Crippen LogP contribution is 2.29. The van der Waals surface area contributed by atoms with Gasteiger partial charge in [0, 0.05) is 11.0 Å². The van der Waals surface area contributed by atoms with E-state index in [1.165, 1.54) is 17.0 Å². The Kier molecular flexibility index (Phi) is 4.28. The summed E-state index contributed by atoms with van der Waals surface area (Å²) >= 11 is 3.39. The third-order valence-electron chi connectivity index (χ3n) is 3.68. The second-order valence-corrected chi connectivity index (χ2v) is 6.42. The van der Waals surface area contributed by atoms with Crippen LogP contribution in [0.2, 0.25) is 0 Å². The first-order valence-corrected chi connectivity index (χ1v) is 7.84. The van der Waals surface area contributed by atoms with Crippen LogP contribution in [0.4, 0.5) is 10.1 Å². The molecule has 0 spiro atoms. The Bertz CT molecular complexity index is 777. The van der Waals surface area contributed by atoms with E-state index in [0.29, 0.717) is 12.2 Å². The Morgan fingerprint density at radius 2 is 1.83 bits per heavy atom. The fourth-order valence-electron chi connectivity index (χ4n) is 2.61. The van der Waals surface area contributed by atoms with Crippen LogP contribution in [0.25, 0.3) is 0 Å². The van der Waals surface area contributed by atoms with Crippen LogP contribution in [0.15, 0.2) is 46.9 Å². The molecular formula is C17H14BrFN2O2. The molecule has 0 saturated carbocycles. The monoisotopic (exact) mass is 376 g/mol. The zero-order valence-electron chi connectivity index (χ0n) is 12.4. The van der Waals surface area contributed by atoms with E-state index in [9.17, 15) is 14.0 Å². The van der Waals surface area contributed by atoms with Crippen LogP contribution in [-0.4, -0.2) is 30.3 Å². The number of rotatable bonds is 4. The second kappa shape index (κ2) is 6.22. The molecule has 1 heterocycles. The van der Waals surface area contributed by atoms with E-state index < -0.39 is 17.5 Å². The van der Waals surface area contributed by atoms with Crippen LogP contribution in [0.5, 0.6) is 0 Å². The number of hydrogen-bond acceptors (Lipinski definition) is 3. The van der Waals surface area contributed by atoms with Crippen LogP contribution in [0, 0.1) is 5.82 Å². The van der Waals surface area contributed by atoms with E-state index in [0.717, 1.165) is 16.1 Å². The lowest BCUT2D eigenvalue weighted by Crippen LogP contribution is -2.38. The van der Waals surface area contributed by atoms with E-state index in [2.05, 4.69) is 15.9 Å². The number of hydrogen-bond donors (Lipinski definition) is 0. The Morgan fingerprint density at radius 3 is 2.52 bits per heavy atom. The minimum atomic E-state index is -0.656. The summed E-state index contributed by atoms with van der Waals surface area (Å²) in [6.07, 6.45) is 0. The van der Waals surface area contributed by atoms with Crippen LogP contribution in [0.3, 0.4) is 0 Å². The molecule has 0 radical (unpaired) electrons. The van der Waals surface area contributed by atoms with E-state index >= 15 is 0 Å². The predicted molar refractivity (Wildman–Crippen MR) is 88.7 cm³/mol. The van der Waals surface area contributed by atoms with Crippen molar-refractivity contribution in [2.24, 2.45) is 0 Å². The van der Waals surface area contributed by atoms with Gasteiger partial charge in [0.1, 0.15) is 5.82 Å². The van der Waals surface area contributed by atoms with Crippen molar-refractivity contribution in [3.05, 3.63) is 63.9 Å². The Morgan fingerprint density at radius 1 is 1.13 bits per heavy atom. The number of amides is 1. The number of fused-ring (bicyclic) bond motifs is 1. The Balaban J connectivity index is 1.76. The van der Waals surface area contributed by atoms with Gasteiger partial charge in [0.25, 0.3) is 5.78 Å². The molecule has 0 atom stereocenters. The molecule has 0 saturated heterocycles. The van der Waals surface area contributed by atoms with Crippen molar-refractivity contribution in [2.45, 2.75) is 6.54 Å². The summed E-state index contributed by atoms with van der Waals surface area (Å²) in [5.74, 6) is -1.79. The van der Waals surface area contributed by atoms with Gasteiger partial charge in [-0.15, -0.1) is 0 Å². The van der Waals surface area contributed by atoms with Crippen molar-refractivity contribution in [3.63, 3.8) is 0 Å². The molecule has 0 fully saturated rings. The van der Waals surface area contributed by atoms with Gasteiger partial charge in [-0.3, -0.25) is 19.4 Å². The second-order valence-electron chi connectivity index (χ2n) is 5.51. The highest BCUT2D eigenvalue weighted by Gasteiger charge is 2.36. The average Bonchev–Trinajstić information content (AvgIpc) is 2.74. The Labute approximate surface area is 141 Å². The molecule has 6 heteroatoms. The summed E-state index contributed by atoms with van der Waals surface area (Å²) in [5, 5.41) is 0. The molecule has 3 rings (SSSR count). The largest absolute Gasteiger partial charge is 0.300 e. The van der Waals surface area contributed by atoms with Gasteiger partial charge >= 0.3 is 5.91 Å². The number of benzene rings is 2. The van der Waals surface area contributed by atoms with Crippen molar-refractivity contribution < 1.29 is 14.0 Å². The first-order valence-electron chi connectivity index (χ1n) is 7.04. The number of nitrogens with zero attached hydrogens (tertiary/aromatic N) is 2. The molecule has 23 heavy (non-hydrogen) atoms. The number of Topliss-reactive ketones (excluding diaryl/α,β-unsaturated/α-hetero) is 1. The maximum atomic E-state index is 13.3. The first-order chi connectivity index (χ1) is 11.0. The topological polar surface area (TPSA) is 40.6 Å². The van der Waals surface area contributed by atoms with Gasteiger partial charge in [0.2, 0.25) is 0 Å². The highest BCUT2D eigenvalue weighted by molar-refractivity contribution is 9.10. The summed E-state index contributed by atoms with van der Waals surface area (Å²) in [7, 11) is 1.86. The van der Waals surface area contributed by atoms with Crippen molar-refractivity contribution in [3.8, 4) is 0 Å². The standard InChI is InChI=1S/C17H14BrFN2O2/c1-20(9-11-2-4-12(18)5-3-11)10-21-15-7-6-13(19)8-14(15)16(22)17(21)23/h2-8H,9-10H2,1H3. The SMILES string of the molecule is CN(Cc1ccc(Br)cc1)CN1C(=O)C(=O)c2cc(F)ccc21. The molecule has 2 aromatic rings. The zero-order chi connectivity index (χ0) is 16.6. The normalized spacial score (nSPS) is 13.8. The molecule has 1 amide bonds. The van der Waals surface area contributed by atoms with Gasteiger partial charge in [0.05, 0.1) is 17.9 Å². The van der Waals surface area contributed by atoms with Gasteiger partial charge in [-0.2, -0.15) is 0 Å². The van der Waals surface area contributed by atoms with Gasteiger partial charge < -0.3 is 0 Å². The number of carbonyl (C=O) groups is 2. The minimum Gasteiger partial charge on any atom is -0.291 e. The maximum absolute atomic E-state index is 13.3. The van der Waals surface area contributed by atoms with Crippen molar-refractivity contribution >= 4 is 33.3 Å². The zero-order valence-corrected chi connectivity index (χ0v) is 14.0. The van der Waals surface area contributed by atoms with Crippen molar-refractivity contribution in [2.75, 3.05) is 18.6 Å². The lowest BCUT2D eigenvalue weighted by molar-refractivity contribution is -0.114. The molecule has 0 unspecified atom stereocenters. The Hall–Kier alpha value is -2.05. The average molecular weight is 377 g/mol. The first kappa shape index (κ1) is 15.8. The molecule has 118 valence electrons. The smallest absolute Gasteiger partial charge is 0.291 e. The summed E-state index contributed by atoms with van der Waals surface area (Å²) in [6.45, 7) is 0.890. The third kappa shape index (κ3) is 3.18. The molecule has 1 aliphatic rings. The lowest BCUT2D eigenvalue weighted by Gasteiger charge is -2.24. The van der Waals surface area contributed by atoms with Crippen LogP contribution in [-0.2, 0) is 11.3 Å². The minimum absolute atomic E-state index is 0.132. The molecule has 1 aliphatic heterocycles. The molecule has 2 aromatic carbocycles. The van der Waals surface area contributed by atoms with Crippen molar-refractivity contribution in [1.29, 1.82) is 0 Å². The van der Waals surface area contributed by atoms with Crippen LogP contribution < -0.4 is 4.90 Å². The fraction of sp³-hybridized carbons (Fsp3) is 0.176. The summed E-state index contributed by atoms with van der Waals surface area (Å²) in [4.78, 5) is 27.4. The predicted octanol–water partition coefficient (Wildman–Crippen LogP) is 3.21. The fourth-order valence-corrected chi connectivity index (χ4v) is 2.87. The molecular weight excluding hydrogens is 363 g/mol. The number of anilines is 1. The summed E-state index contributed by atoms with van der Waals surface area (Å²) in [6, 6.07) is 11.7.